The van der Waals surface area contributed by atoms with E-state index < -0.39 is 0 Å². The smallest absolute Gasteiger partial charge is 0.225 e. The highest BCUT2D eigenvalue weighted by molar-refractivity contribution is 5.89. The molecule has 0 unspecified atom stereocenters. The molecular formula is C23H23N5O2. The Bertz CT molecular complexity index is 1200. The Morgan fingerprint density at radius 3 is 2.60 bits per heavy atom. The molecule has 0 aliphatic heterocycles. The van der Waals surface area contributed by atoms with Crippen LogP contribution >= 0.6 is 0 Å². The van der Waals surface area contributed by atoms with Gasteiger partial charge in [-0.25, -0.2) is 9.97 Å². The molecule has 0 spiro atoms. The molecule has 2 aromatic carbocycles. The van der Waals surface area contributed by atoms with Crippen molar-refractivity contribution in [2.75, 3.05) is 10.6 Å². The van der Waals surface area contributed by atoms with Crippen LogP contribution in [0.5, 0.6) is 11.5 Å². The number of benzene rings is 2. The van der Waals surface area contributed by atoms with Crippen LogP contribution in [0.15, 0.2) is 60.8 Å². The highest BCUT2D eigenvalue weighted by atomic mass is 16.5. The summed E-state index contributed by atoms with van der Waals surface area (Å²) in [5.41, 5.74) is 4.00. The average Bonchev–Trinajstić information content (AvgIpc) is 3.04. The number of ether oxygens (including phenoxy) is 1. The Morgan fingerprint density at radius 2 is 1.83 bits per heavy atom. The molecule has 2 aromatic heterocycles. The lowest BCUT2D eigenvalue weighted by molar-refractivity contribution is -0.115. The maximum atomic E-state index is 11.6. The number of pyridine rings is 1. The maximum Gasteiger partial charge on any atom is 0.225 e. The van der Waals surface area contributed by atoms with Crippen molar-refractivity contribution in [3.63, 3.8) is 0 Å². The molecule has 30 heavy (non-hydrogen) atoms. The van der Waals surface area contributed by atoms with Crippen LogP contribution < -0.4 is 15.4 Å². The van der Waals surface area contributed by atoms with Gasteiger partial charge in [-0.1, -0.05) is 24.6 Å². The van der Waals surface area contributed by atoms with Crippen LogP contribution in [-0.4, -0.2) is 20.4 Å². The Hall–Kier alpha value is -3.87. The van der Waals surface area contributed by atoms with Gasteiger partial charge in [0.25, 0.3) is 0 Å². The molecule has 4 rings (SSSR count). The van der Waals surface area contributed by atoms with E-state index in [1.807, 2.05) is 41.9 Å². The van der Waals surface area contributed by atoms with Gasteiger partial charge in [-0.15, -0.1) is 0 Å². The van der Waals surface area contributed by atoms with Crippen LogP contribution in [0.4, 0.5) is 17.5 Å². The van der Waals surface area contributed by atoms with E-state index in [0.717, 1.165) is 22.7 Å². The third-order valence-electron chi connectivity index (χ3n) is 4.72. The topological polar surface area (TPSA) is 81.1 Å². The zero-order valence-electron chi connectivity index (χ0n) is 17.1. The SMILES string of the molecule is CCC(=O)Nc1cc(Oc2ccc3c(c2)nc(Nc2ccc(C)cc2)n3C)ccn1. The summed E-state index contributed by atoms with van der Waals surface area (Å²) in [4.78, 5) is 20.4. The van der Waals surface area contributed by atoms with E-state index in [4.69, 9.17) is 9.72 Å². The van der Waals surface area contributed by atoms with Crippen LogP contribution in [0.2, 0.25) is 0 Å². The van der Waals surface area contributed by atoms with Crippen molar-refractivity contribution < 1.29 is 9.53 Å². The van der Waals surface area contributed by atoms with E-state index in [-0.39, 0.29) is 5.91 Å². The molecule has 0 saturated carbocycles. The number of hydrogen-bond donors (Lipinski definition) is 2. The molecule has 0 aliphatic carbocycles. The molecule has 0 saturated heterocycles. The van der Waals surface area contributed by atoms with Crippen molar-refractivity contribution in [3.8, 4) is 11.5 Å². The molecule has 7 heteroatoms. The fraction of sp³-hybridized carbons (Fsp3) is 0.174. The standard InChI is InChI=1S/C23H23N5O2/c1-4-22(29)27-21-14-18(11-12-24-21)30-17-9-10-20-19(13-17)26-23(28(20)3)25-16-7-5-15(2)6-8-16/h5-14H,4H2,1-3H3,(H,25,26)(H,24,27,29). The largest absolute Gasteiger partial charge is 0.457 e. The molecule has 0 fully saturated rings. The quantitative estimate of drug-likeness (QED) is 0.466. The minimum Gasteiger partial charge on any atom is -0.457 e. The summed E-state index contributed by atoms with van der Waals surface area (Å²) in [6, 6.07) is 17.4. The molecule has 2 N–H and O–H groups in total. The predicted molar refractivity (Wildman–Crippen MR) is 118 cm³/mol. The minimum atomic E-state index is -0.0943. The summed E-state index contributed by atoms with van der Waals surface area (Å²) in [7, 11) is 1.97. The fourth-order valence-electron chi connectivity index (χ4n) is 3.03. The van der Waals surface area contributed by atoms with Crippen molar-refractivity contribution in [2.45, 2.75) is 20.3 Å². The summed E-state index contributed by atoms with van der Waals surface area (Å²) in [6.07, 6.45) is 1.99. The van der Waals surface area contributed by atoms with Crippen LogP contribution in [0.25, 0.3) is 11.0 Å². The van der Waals surface area contributed by atoms with Crippen molar-refractivity contribution in [1.29, 1.82) is 0 Å². The summed E-state index contributed by atoms with van der Waals surface area (Å²) in [6.45, 7) is 3.85. The fourth-order valence-corrected chi connectivity index (χ4v) is 3.03. The number of carbonyl (C=O) groups excluding carboxylic acids is 1. The Balaban J connectivity index is 1.56. The van der Waals surface area contributed by atoms with Crippen LogP contribution in [0.3, 0.4) is 0 Å². The molecule has 1 amide bonds. The third-order valence-corrected chi connectivity index (χ3v) is 4.72. The van der Waals surface area contributed by atoms with E-state index in [0.29, 0.717) is 23.7 Å². The second-order valence-electron chi connectivity index (χ2n) is 7.02. The molecule has 152 valence electrons. The van der Waals surface area contributed by atoms with Crippen molar-refractivity contribution in [3.05, 3.63) is 66.4 Å². The molecule has 2 heterocycles. The van der Waals surface area contributed by atoms with Crippen molar-refractivity contribution >= 4 is 34.4 Å². The molecule has 4 aromatic rings. The Labute approximate surface area is 174 Å². The number of carbonyl (C=O) groups is 1. The first-order chi connectivity index (χ1) is 14.5. The van der Waals surface area contributed by atoms with Gasteiger partial charge in [0.15, 0.2) is 0 Å². The zero-order valence-corrected chi connectivity index (χ0v) is 17.1. The van der Waals surface area contributed by atoms with Gasteiger partial charge in [0, 0.05) is 37.5 Å². The van der Waals surface area contributed by atoms with Crippen LogP contribution in [0.1, 0.15) is 18.9 Å². The molecular weight excluding hydrogens is 378 g/mol. The number of rotatable bonds is 6. The molecule has 0 bridgehead atoms. The third kappa shape index (κ3) is 4.25. The van der Waals surface area contributed by atoms with E-state index in [1.165, 1.54) is 5.56 Å². The number of nitrogens with one attached hydrogen (secondary N) is 2. The number of aryl methyl sites for hydroxylation is 2. The lowest BCUT2D eigenvalue weighted by atomic mass is 10.2. The summed E-state index contributed by atoms with van der Waals surface area (Å²) in [5, 5.41) is 6.08. The normalized spacial score (nSPS) is 10.8. The number of nitrogens with zero attached hydrogens (tertiary/aromatic N) is 3. The van der Waals surface area contributed by atoms with Gasteiger partial charge in [0.2, 0.25) is 11.9 Å². The number of anilines is 3. The number of hydrogen-bond acceptors (Lipinski definition) is 5. The van der Waals surface area contributed by atoms with Crippen molar-refractivity contribution in [2.24, 2.45) is 7.05 Å². The monoisotopic (exact) mass is 401 g/mol. The van der Waals surface area contributed by atoms with Gasteiger partial charge in [0.1, 0.15) is 17.3 Å². The van der Waals surface area contributed by atoms with Gasteiger partial charge in [-0.3, -0.25) is 4.79 Å². The summed E-state index contributed by atoms with van der Waals surface area (Å²) in [5.74, 6) is 2.36. The van der Waals surface area contributed by atoms with E-state index in [9.17, 15) is 4.79 Å². The number of imidazole rings is 1. The summed E-state index contributed by atoms with van der Waals surface area (Å²) >= 11 is 0. The Morgan fingerprint density at radius 1 is 1.07 bits per heavy atom. The first-order valence-electron chi connectivity index (χ1n) is 9.76. The second kappa shape index (κ2) is 8.24. The van der Waals surface area contributed by atoms with Crippen LogP contribution in [-0.2, 0) is 11.8 Å². The lowest BCUT2D eigenvalue weighted by Gasteiger charge is -2.08. The minimum absolute atomic E-state index is 0.0943. The van der Waals surface area contributed by atoms with Gasteiger partial charge in [-0.2, -0.15) is 0 Å². The van der Waals surface area contributed by atoms with Gasteiger partial charge in [-0.05, 0) is 37.3 Å². The Kier molecular flexibility index (Phi) is 5.34. The first-order valence-corrected chi connectivity index (χ1v) is 9.76. The molecule has 0 aliphatic rings. The molecule has 0 radical (unpaired) electrons. The molecule has 7 nitrogen and oxygen atoms in total. The van der Waals surface area contributed by atoms with E-state index in [1.54, 1.807) is 25.3 Å². The van der Waals surface area contributed by atoms with E-state index >= 15 is 0 Å². The van der Waals surface area contributed by atoms with Crippen LogP contribution in [0, 0.1) is 6.92 Å². The highest BCUT2D eigenvalue weighted by Gasteiger charge is 2.10. The predicted octanol–water partition coefficient (Wildman–Crippen LogP) is 5.16. The van der Waals surface area contributed by atoms with Gasteiger partial charge >= 0.3 is 0 Å². The second-order valence-corrected chi connectivity index (χ2v) is 7.02. The number of amides is 1. The van der Waals surface area contributed by atoms with Gasteiger partial charge < -0.3 is 19.9 Å². The van der Waals surface area contributed by atoms with E-state index in [2.05, 4.69) is 34.7 Å². The zero-order chi connectivity index (χ0) is 21.1. The lowest BCUT2D eigenvalue weighted by Crippen LogP contribution is -2.10. The van der Waals surface area contributed by atoms with Gasteiger partial charge in [0.05, 0.1) is 11.0 Å². The average molecular weight is 401 g/mol. The maximum absolute atomic E-state index is 11.6. The molecule has 0 atom stereocenters. The number of aromatic nitrogens is 3. The first kappa shape index (κ1) is 19.4. The number of fused-ring (bicyclic) bond motifs is 1. The van der Waals surface area contributed by atoms with Crippen molar-refractivity contribution in [1.82, 2.24) is 14.5 Å². The summed E-state index contributed by atoms with van der Waals surface area (Å²) < 4.78 is 7.97. The highest BCUT2D eigenvalue weighted by Crippen LogP contribution is 2.28.